The van der Waals surface area contributed by atoms with E-state index in [4.69, 9.17) is 10.00 Å². The first-order valence-electron chi connectivity index (χ1n) is 8.16. The first-order chi connectivity index (χ1) is 12.7. The maximum absolute atomic E-state index is 12.1. The molecule has 0 bridgehead atoms. The van der Waals surface area contributed by atoms with Crippen LogP contribution in [-0.2, 0) is 4.79 Å². The Hall–Kier alpha value is -3.59. The molecular weight excluding hydrogens is 328 g/mol. The minimum atomic E-state index is -0.224. The topological polar surface area (TPSA) is 79.9 Å². The van der Waals surface area contributed by atoms with Crippen LogP contribution in [-0.4, -0.2) is 22.1 Å². The van der Waals surface area contributed by atoms with E-state index >= 15 is 0 Å². The third-order valence-corrected chi connectivity index (χ3v) is 3.91. The molecule has 1 unspecified atom stereocenters. The van der Waals surface area contributed by atoms with Gasteiger partial charge in [-0.05, 0) is 42.8 Å². The van der Waals surface area contributed by atoms with E-state index in [2.05, 4.69) is 10.3 Å². The van der Waals surface area contributed by atoms with E-state index in [1.807, 2.05) is 48.0 Å². The van der Waals surface area contributed by atoms with Crippen LogP contribution in [0.4, 0.5) is 0 Å². The molecule has 0 fully saturated rings. The van der Waals surface area contributed by atoms with Gasteiger partial charge in [0.15, 0.2) is 6.61 Å². The summed E-state index contributed by atoms with van der Waals surface area (Å²) in [6, 6.07) is 16.5. The highest BCUT2D eigenvalue weighted by Gasteiger charge is 2.10. The number of amides is 1. The minimum Gasteiger partial charge on any atom is -0.484 e. The van der Waals surface area contributed by atoms with Crippen LogP contribution in [0.2, 0.25) is 0 Å². The molecule has 2 aromatic carbocycles. The number of benzene rings is 2. The van der Waals surface area contributed by atoms with E-state index in [0.717, 1.165) is 11.3 Å². The molecule has 0 aliphatic rings. The highest BCUT2D eigenvalue weighted by atomic mass is 16.5. The molecule has 6 nitrogen and oxygen atoms in total. The van der Waals surface area contributed by atoms with E-state index < -0.39 is 0 Å². The first-order valence-corrected chi connectivity index (χ1v) is 8.16. The summed E-state index contributed by atoms with van der Waals surface area (Å²) in [7, 11) is 0. The molecular formula is C20H18N4O2. The lowest BCUT2D eigenvalue weighted by Gasteiger charge is -2.15. The molecule has 0 spiro atoms. The van der Waals surface area contributed by atoms with Gasteiger partial charge in [-0.15, -0.1) is 0 Å². The number of ether oxygens (including phenoxy) is 1. The van der Waals surface area contributed by atoms with Gasteiger partial charge >= 0.3 is 0 Å². The quantitative estimate of drug-likeness (QED) is 0.744. The van der Waals surface area contributed by atoms with Gasteiger partial charge in [0, 0.05) is 18.1 Å². The average Bonchev–Trinajstić information content (AvgIpc) is 3.21. The van der Waals surface area contributed by atoms with Crippen LogP contribution >= 0.6 is 0 Å². The summed E-state index contributed by atoms with van der Waals surface area (Å²) < 4.78 is 7.35. The van der Waals surface area contributed by atoms with Gasteiger partial charge in [-0.3, -0.25) is 4.79 Å². The van der Waals surface area contributed by atoms with E-state index in [9.17, 15) is 4.79 Å². The monoisotopic (exact) mass is 346 g/mol. The zero-order valence-electron chi connectivity index (χ0n) is 14.3. The molecule has 0 saturated heterocycles. The maximum Gasteiger partial charge on any atom is 0.258 e. The molecule has 1 aromatic heterocycles. The maximum atomic E-state index is 12.1. The summed E-state index contributed by atoms with van der Waals surface area (Å²) in [6.45, 7) is 1.81. The minimum absolute atomic E-state index is 0.105. The predicted octanol–water partition coefficient (Wildman–Crippen LogP) is 3.00. The van der Waals surface area contributed by atoms with Crippen molar-refractivity contribution in [2.75, 3.05) is 6.61 Å². The Morgan fingerprint density at radius 2 is 2.12 bits per heavy atom. The second-order valence-electron chi connectivity index (χ2n) is 5.78. The Balaban J connectivity index is 1.54. The fourth-order valence-electron chi connectivity index (χ4n) is 2.52. The molecule has 3 rings (SSSR count). The highest BCUT2D eigenvalue weighted by Crippen LogP contribution is 2.16. The zero-order valence-corrected chi connectivity index (χ0v) is 14.3. The van der Waals surface area contributed by atoms with E-state index in [-0.39, 0.29) is 18.6 Å². The van der Waals surface area contributed by atoms with Gasteiger partial charge in [0.05, 0.1) is 24.0 Å². The molecule has 0 aliphatic heterocycles. The van der Waals surface area contributed by atoms with Crippen molar-refractivity contribution in [1.29, 1.82) is 5.26 Å². The Bertz CT molecular complexity index is 912. The fraction of sp³-hybridized carbons (Fsp3) is 0.150. The van der Waals surface area contributed by atoms with Crippen LogP contribution < -0.4 is 10.1 Å². The average molecular weight is 346 g/mol. The Labute approximate surface area is 151 Å². The molecule has 0 radical (unpaired) electrons. The molecule has 1 heterocycles. The van der Waals surface area contributed by atoms with Crippen molar-refractivity contribution in [3.05, 3.63) is 78.4 Å². The SMILES string of the molecule is CC(NC(=O)COc1cccc(C#N)c1)c1ccc(-n2ccnc2)cc1. The van der Waals surface area contributed by atoms with Gasteiger partial charge < -0.3 is 14.6 Å². The van der Waals surface area contributed by atoms with Crippen molar-refractivity contribution in [3.8, 4) is 17.5 Å². The molecule has 6 heteroatoms. The van der Waals surface area contributed by atoms with Crippen LogP contribution in [0.5, 0.6) is 5.75 Å². The van der Waals surface area contributed by atoms with Gasteiger partial charge in [0.25, 0.3) is 5.91 Å². The van der Waals surface area contributed by atoms with Crippen molar-refractivity contribution >= 4 is 5.91 Å². The number of nitriles is 1. The van der Waals surface area contributed by atoms with Gasteiger partial charge in [0.1, 0.15) is 5.75 Å². The Morgan fingerprint density at radius 1 is 1.31 bits per heavy atom. The van der Waals surface area contributed by atoms with Crippen LogP contribution in [0.15, 0.2) is 67.3 Å². The smallest absolute Gasteiger partial charge is 0.258 e. The molecule has 26 heavy (non-hydrogen) atoms. The first kappa shape index (κ1) is 17.2. The third kappa shape index (κ3) is 4.28. The highest BCUT2D eigenvalue weighted by molar-refractivity contribution is 5.78. The van der Waals surface area contributed by atoms with E-state index in [1.165, 1.54) is 0 Å². The summed E-state index contributed by atoms with van der Waals surface area (Å²) in [5, 5.41) is 11.8. The lowest BCUT2D eigenvalue weighted by atomic mass is 10.1. The van der Waals surface area contributed by atoms with Gasteiger partial charge in [-0.25, -0.2) is 4.98 Å². The van der Waals surface area contributed by atoms with Gasteiger partial charge in [-0.2, -0.15) is 5.26 Å². The summed E-state index contributed by atoms with van der Waals surface area (Å²) in [4.78, 5) is 16.1. The normalized spacial score (nSPS) is 11.4. The number of carbonyl (C=O) groups is 1. The number of imidazole rings is 1. The third-order valence-electron chi connectivity index (χ3n) is 3.91. The van der Waals surface area contributed by atoms with Crippen molar-refractivity contribution in [2.24, 2.45) is 0 Å². The number of hydrogen-bond acceptors (Lipinski definition) is 4. The zero-order chi connectivity index (χ0) is 18.4. The number of hydrogen-bond donors (Lipinski definition) is 1. The van der Waals surface area contributed by atoms with E-state index in [1.54, 1.807) is 36.8 Å². The van der Waals surface area contributed by atoms with Gasteiger partial charge in [-0.1, -0.05) is 18.2 Å². The van der Waals surface area contributed by atoms with Crippen LogP contribution in [0, 0.1) is 11.3 Å². The number of aromatic nitrogens is 2. The van der Waals surface area contributed by atoms with Gasteiger partial charge in [0.2, 0.25) is 0 Å². The summed E-state index contributed by atoms with van der Waals surface area (Å²) in [5.41, 5.74) is 2.49. The number of carbonyl (C=O) groups excluding carboxylic acids is 1. The number of nitrogens with one attached hydrogen (secondary N) is 1. The second kappa shape index (κ2) is 7.99. The van der Waals surface area contributed by atoms with Crippen LogP contribution in [0.25, 0.3) is 5.69 Å². The fourth-order valence-corrected chi connectivity index (χ4v) is 2.52. The van der Waals surface area contributed by atoms with Crippen molar-refractivity contribution in [2.45, 2.75) is 13.0 Å². The molecule has 130 valence electrons. The largest absolute Gasteiger partial charge is 0.484 e. The van der Waals surface area contributed by atoms with Crippen LogP contribution in [0.1, 0.15) is 24.1 Å². The van der Waals surface area contributed by atoms with Crippen molar-refractivity contribution in [3.63, 3.8) is 0 Å². The molecule has 3 aromatic rings. The lowest BCUT2D eigenvalue weighted by molar-refractivity contribution is -0.123. The number of rotatable bonds is 6. The molecule has 1 atom stereocenters. The van der Waals surface area contributed by atoms with Crippen molar-refractivity contribution < 1.29 is 9.53 Å². The molecule has 0 aliphatic carbocycles. The Kier molecular flexibility index (Phi) is 5.30. The Morgan fingerprint density at radius 3 is 2.81 bits per heavy atom. The van der Waals surface area contributed by atoms with Crippen LogP contribution in [0.3, 0.4) is 0 Å². The van der Waals surface area contributed by atoms with E-state index in [0.29, 0.717) is 11.3 Å². The van der Waals surface area contributed by atoms with Crippen molar-refractivity contribution in [1.82, 2.24) is 14.9 Å². The lowest BCUT2D eigenvalue weighted by Crippen LogP contribution is -2.31. The second-order valence-corrected chi connectivity index (χ2v) is 5.78. The predicted molar refractivity (Wildman–Crippen MR) is 96.8 cm³/mol. The number of nitrogens with zero attached hydrogens (tertiary/aromatic N) is 3. The summed E-state index contributed by atoms with van der Waals surface area (Å²) >= 11 is 0. The summed E-state index contributed by atoms with van der Waals surface area (Å²) in [5.74, 6) is 0.273. The molecule has 1 N–H and O–H groups in total. The standard InChI is InChI=1S/C20H18N4O2/c1-15(17-5-7-18(8-6-17)24-10-9-22-14-24)23-20(25)13-26-19-4-2-3-16(11-19)12-21/h2-11,14-15H,13H2,1H3,(H,23,25). The molecule has 1 amide bonds. The molecule has 0 saturated carbocycles. The summed E-state index contributed by atoms with van der Waals surface area (Å²) in [6.07, 6.45) is 5.33.